The van der Waals surface area contributed by atoms with Gasteiger partial charge in [-0.15, -0.1) is 0 Å². The minimum atomic E-state index is -0.422. The summed E-state index contributed by atoms with van der Waals surface area (Å²) in [6.45, 7) is 0. The van der Waals surface area contributed by atoms with Crippen molar-refractivity contribution in [3.05, 3.63) is 71.9 Å². The number of carbonyl (C=O) groups excluding carboxylic acids is 2. The van der Waals surface area contributed by atoms with E-state index in [0.717, 1.165) is 22.8 Å². The lowest BCUT2D eigenvalue weighted by molar-refractivity contribution is -0.109. The SMILES string of the molecule is O=CC(CC(=O)c1ccccc1)c1c[nH]c2ccccc12. The van der Waals surface area contributed by atoms with Gasteiger partial charge in [-0.2, -0.15) is 0 Å². The van der Waals surface area contributed by atoms with Crippen LogP contribution in [-0.2, 0) is 4.79 Å². The van der Waals surface area contributed by atoms with E-state index in [9.17, 15) is 9.59 Å². The van der Waals surface area contributed by atoms with E-state index in [-0.39, 0.29) is 12.2 Å². The van der Waals surface area contributed by atoms with Crippen LogP contribution in [0.15, 0.2) is 60.8 Å². The van der Waals surface area contributed by atoms with Gasteiger partial charge >= 0.3 is 0 Å². The Morgan fingerprint density at radius 2 is 1.76 bits per heavy atom. The standard InChI is InChI=1S/C18H15NO2/c20-12-14(10-18(21)13-6-2-1-3-7-13)16-11-19-17-9-5-4-8-15(16)17/h1-9,11-12,14,19H,10H2. The van der Waals surface area contributed by atoms with Crippen molar-refractivity contribution < 1.29 is 9.59 Å². The summed E-state index contributed by atoms with van der Waals surface area (Å²) >= 11 is 0. The lowest BCUT2D eigenvalue weighted by Crippen LogP contribution is -2.08. The number of benzene rings is 2. The predicted octanol–water partition coefficient (Wildman–Crippen LogP) is 3.72. The Labute approximate surface area is 122 Å². The van der Waals surface area contributed by atoms with Gasteiger partial charge in [-0.1, -0.05) is 48.5 Å². The van der Waals surface area contributed by atoms with Crippen molar-refractivity contribution in [1.82, 2.24) is 4.98 Å². The van der Waals surface area contributed by atoms with Crippen molar-refractivity contribution in [3.8, 4) is 0 Å². The molecule has 3 nitrogen and oxygen atoms in total. The molecule has 1 N–H and O–H groups in total. The zero-order valence-corrected chi connectivity index (χ0v) is 11.5. The topological polar surface area (TPSA) is 49.9 Å². The minimum absolute atomic E-state index is 0.0158. The van der Waals surface area contributed by atoms with Crippen molar-refractivity contribution in [2.24, 2.45) is 0 Å². The average Bonchev–Trinajstić information content (AvgIpc) is 2.97. The van der Waals surface area contributed by atoms with Crippen molar-refractivity contribution in [2.75, 3.05) is 0 Å². The van der Waals surface area contributed by atoms with Gasteiger partial charge in [-0.05, 0) is 11.6 Å². The van der Waals surface area contributed by atoms with Crippen LogP contribution in [0.5, 0.6) is 0 Å². The van der Waals surface area contributed by atoms with Crippen LogP contribution in [0, 0.1) is 0 Å². The molecule has 0 fully saturated rings. The largest absolute Gasteiger partial charge is 0.361 e. The van der Waals surface area contributed by atoms with Crippen molar-refractivity contribution in [1.29, 1.82) is 0 Å². The number of carbonyl (C=O) groups is 2. The third kappa shape index (κ3) is 2.63. The molecule has 2 aromatic carbocycles. The Hall–Kier alpha value is -2.68. The Bertz CT molecular complexity index is 774. The first-order valence-electron chi connectivity index (χ1n) is 6.89. The molecule has 1 unspecified atom stereocenters. The van der Waals surface area contributed by atoms with Gasteiger partial charge in [0, 0.05) is 35.0 Å². The monoisotopic (exact) mass is 277 g/mol. The molecule has 1 atom stereocenters. The Morgan fingerprint density at radius 1 is 1.05 bits per heavy atom. The number of ketones is 1. The average molecular weight is 277 g/mol. The van der Waals surface area contributed by atoms with E-state index in [2.05, 4.69) is 4.98 Å². The molecule has 3 rings (SSSR count). The van der Waals surface area contributed by atoms with E-state index >= 15 is 0 Å². The van der Waals surface area contributed by atoms with Crippen LogP contribution < -0.4 is 0 Å². The van der Waals surface area contributed by atoms with Gasteiger partial charge in [0.1, 0.15) is 6.29 Å². The lowest BCUT2D eigenvalue weighted by Gasteiger charge is -2.08. The first kappa shape index (κ1) is 13.3. The van der Waals surface area contributed by atoms with Gasteiger partial charge in [0.25, 0.3) is 0 Å². The van der Waals surface area contributed by atoms with E-state index in [4.69, 9.17) is 0 Å². The highest BCUT2D eigenvalue weighted by molar-refractivity contribution is 5.99. The third-order valence-corrected chi connectivity index (χ3v) is 3.69. The quantitative estimate of drug-likeness (QED) is 0.570. The number of aromatic amines is 1. The second kappa shape index (κ2) is 5.75. The molecular weight excluding hydrogens is 262 g/mol. The fraction of sp³-hybridized carbons (Fsp3) is 0.111. The van der Waals surface area contributed by atoms with Crippen molar-refractivity contribution in [2.45, 2.75) is 12.3 Å². The van der Waals surface area contributed by atoms with Gasteiger partial charge in [-0.25, -0.2) is 0 Å². The smallest absolute Gasteiger partial charge is 0.163 e. The molecule has 0 amide bonds. The molecule has 0 saturated carbocycles. The normalized spacial score (nSPS) is 12.2. The molecule has 21 heavy (non-hydrogen) atoms. The highest BCUT2D eigenvalue weighted by Gasteiger charge is 2.19. The van der Waals surface area contributed by atoms with Gasteiger partial charge in [-0.3, -0.25) is 4.79 Å². The molecule has 0 radical (unpaired) electrons. The number of para-hydroxylation sites is 1. The summed E-state index contributed by atoms with van der Waals surface area (Å²) in [5.74, 6) is -0.438. The maximum Gasteiger partial charge on any atom is 0.163 e. The summed E-state index contributed by atoms with van der Waals surface area (Å²) < 4.78 is 0. The number of hydrogen-bond donors (Lipinski definition) is 1. The molecule has 104 valence electrons. The minimum Gasteiger partial charge on any atom is -0.361 e. The van der Waals surface area contributed by atoms with Gasteiger partial charge in [0.05, 0.1) is 0 Å². The first-order valence-corrected chi connectivity index (χ1v) is 6.89. The van der Waals surface area contributed by atoms with Crippen LogP contribution in [0.1, 0.15) is 28.3 Å². The number of aromatic nitrogens is 1. The molecule has 0 aliphatic carbocycles. The van der Waals surface area contributed by atoms with E-state index in [1.807, 2.05) is 48.7 Å². The van der Waals surface area contributed by atoms with Crippen LogP contribution in [0.25, 0.3) is 10.9 Å². The lowest BCUT2D eigenvalue weighted by atomic mass is 9.92. The molecule has 0 bridgehead atoms. The summed E-state index contributed by atoms with van der Waals surface area (Å²) in [6, 6.07) is 16.9. The Morgan fingerprint density at radius 3 is 2.52 bits per heavy atom. The van der Waals surface area contributed by atoms with E-state index in [0.29, 0.717) is 5.56 Å². The molecule has 1 heterocycles. The summed E-state index contributed by atoms with van der Waals surface area (Å²) in [7, 11) is 0. The van der Waals surface area contributed by atoms with Gasteiger partial charge in [0.15, 0.2) is 5.78 Å². The first-order chi connectivity index (χ1) is 10.3. The molecule has 0 saturated heterocycles. The fourth-order valence-corrected chi connectivity index (χ4v) is 2.57. The van der Waals surface area contributed by atoms with Gasteiger partial charge in [0.2, 0.25) is 0 Å². The maximum absolute atomic E-state index is 12.3. The maximum atomic E-state index is 12.3. The number of aldehydes is 1. The summed E-state index contributed by atoms with van der Waals surface area (Å²) in [5.41, 5.74) is 2.50. The molecule has 3 heteroatoms. The molecule has 0 aliphatic heterocycles. The van der Waals surface area contributed by atoms with Crippen molar-refractivity contribution in [3.63, 3.8) is 0 Å². The Balaban J connectivity index is 1.89. The van der Waals surface area contributed by atoms with Crippen LogP contribution >= 0.6 is 0 Å². The van der Waals surface area contributed by atoms with Crippen molar-refractivity contribution >= 4 is 23.0 Å². The number of Topliss-reactive ketones (excluding diaryl/α,β-unsaturated/α-hetero) is 1. The number of H-pyrrole nitrogens is 1. The van der Waals surface area contributed by atoms with Crippen LogP contribution in [0.2, 0.25) is 0 Å². The molecule has 0 aliphatic rings. The van der Waals surface area contributed by atoms with E-state index in [1.165, 1.54) is 0 Å². The third-order valence-electron chi connectivity index (χ3n) is 3.69. The predicted molar refractivity (Wildman–Crippen MR) is 82.5 cm³/mol. The van der Waals surface area contributed by atoms with Crippen LogP contribution in [-0.4, -0.2) is 17.1 Å². The molecular formula is C18H15NO2. The summed E-state index contributed by atoms with van der Waals surface area (Å²) in [5, 5.41) is 0.996. The number of rotatable bonds is 5. The highest BCUT2D eigenvalue weighted by Crippen LogP contribution is 2.27. The second-order valence-electron chi connectivity index (χ2n) is 5.03. The number of fused-ring (bicyclic) bond motifs is 1. The highest BCUT2D eigenvalue weighted by atomic mass is 16.1. The zero-order valence-electron chi connectivity index (χ0n) is 11.5. The fourth-order valence-electron chi connectivity index (χ4n) is 2.57. The van der Waals surface area contributed by atoms with Crippen LogP contribution in [0.4, 0.5) is 0 Å². The number of nitrogens with one attached hydrogen (secondary N) is 1. The van der Waals surface area contributed by atoms with Crippen LogP contribution in [0.3, 0.4) is 0 Å². The molecule has 1 aromatic heterocycles. The van der Waals surface area contributed by atoms with E-state index in [1.54, 1.807) is 12.1 Å². The summed E-state index contributed by atoms with van der Waals surface area (Å²) in [6.07, 6.45) is 2.87. The second-order valence-corrected chi connectivity index (χ2v) is 5.03. The number of hydrogen-bond acceptors (Lipinski definition) is 2. The summed E-state index contributed by atoms with van der Waals surface area (Å²) in [4.78, 5) is 26.9. The molecule has 0 spiro atoms. The van der Waals surface area contributed by atoms with E-state index < -0.39 is 5.92 Å². The zero-order chi connectivity index (χ0) is 14.7. The Kier molecular flexibility index (Phi) is 3.65. The molecule has 3 aromatic rings. The van der Waals surface area contributed by atoms with Gasteiger partial charge < -0.3 is 9.78 Å².